The molecule has 0 N–H and O–H groups in total. The van der Waals surface area contributed by atoms with Gasteiger partial charge in [-0.3, -0.25) is 0 Å². The van der Waals surface area contributed by atoms with Crippen molar-refractivity contribution in [1.29, 1.82) is 0 Å². The van der Waals surface area contributed by atoms with Gasteiger partial charge in [0.25, 0.3) is 0 Å². The Morgan fingerprint density at radius 1 is 1.62 bits per heavy atom. The van der Waals surface area contributed by atoms with Crippen LogP contribution in [0.2, 0.25) is 5.02 Å². The fraction of sp³-hybridized carbons (Fsp3) is 0.222. The summed E-state index contributed by atoms with van der Waals surface area (Å²) in [6, 6.07) is 4.56. The number of hydrogen-bond acceptors (Lipinski definition) is 2. The Labute approximate surface area is 81.0 Å². The van der Waals surface area contributed by atoms with Gasteiger partial charge in [-0.25, -0.2) is 4.39 Å². The first-order valence-corrected chi connectivity index (χ1v) is 4.10. The highest BCUT2D eigenvalue weighted by Gasteiger charge is 1.99. The number of hydrogen-bond donors (Lipinski definition) is 0. The van der Waals surface area contributed by atoms with Gasteiger partial charge in [-0.1, -0.05) is 22.8 Å². The maximum Gasteiger partial charge on any atom is 0.141 e. The van der Waals surface area contributed by atoms with Crippen molar-refractivity contribution in [1.82, 2.24) is 0 Å². The highest BCUT2D eigenvalue weighted by atomic mass is 35.5. The number of rotatable bonds is 3. The predicted octanol–water partition coefficient (Wildman–Crippen LogP) is 2.65. The van der Waals surface area contributed by atoms with Gasteiger partial charge < -0.3 is 4.84 Å². The summed E-state index contributed by atoms with van der Waals surface area (Å²) in [4.78, 5) is 4.48. The normalized spacial score (nSPS) is 10.7. The van der Waals surface area contributed by atoms with Crippen LogP contribution in [0.4, 0.5) is 4.39 Å². The summed E-state index contributed by atoms with van der Waals surface area (Å²) in [6.45, 7) is 0. The van der Waals surface area contributed by atoms with Crippen LogP contribution in [0.5, 0.6) is 0 Å². The summed E-state index contributed by atoms with van der Waals surface area (Å²) in [5, 5.41) is 3.69. The fourth-order valence-electron chi connectivity index (χ4n) is 0.884. The van der Waals surface area contributed by atoms with E-state index in [9.17, 15) is 4.39 Å². The second-order valence-corrected chi connectivity index (χ2v) is 2.83. The quantitative estimate of drug-likeness (QED) is 0.544. The Morgan fingerprint density at radius 2 is 2.38 bits per heavy atom. The van der Waals surface area contributed by atoms with Crippen molar-refractivity contribution < 1.29 is 9.23 Å². The molecule has 0 heterocycles. The Hall–Kier alpha value is -1.09. The van der Waals surface area contributed by atoms with E-state index in [1.807, 2.05) is 0 Å². The molecule has 0 aliphatic heterocycles. The lowest BCUT2D eigenvalue weighted by atomic mass is 10.2. The van der Waals surface area contributed by atoms with Gasteiger partial charge >= 0.3 is 0 Å². The van der Waals surface area contributed by atoms with Gasteiger partial charge in [0, 0.05) is 12.6 Å². The van der Waals surface area contributed by atoms with E-state index in [2.05, 4.69) is 9.99 Å². The first-order valence-electron chi connectivity index (χ1n) is 3.73. The third kappa shape index (κ3) is 3.03. The van der Waals surface area contributed by atoms with Crippen molar-refractivity contribution in [3.63, 3.8) is 0 Å². The lowest BCUT2D eigenvalue weighted by Crippen LogP contribution is -1.88. The van der Waals surface area contributed by atoms with Crippen LogP contribution in [-0.4, -0.2) is 13.3 Å². The smallest absolute Gasteiger partial charge is 0.141 e. The maximum absolute atomic E-state index is 12.7. The van der Waals surface area contributed by atoms with Crippen molar-refractivity contribution in [3.05, 3.63) is 34.6 Å². The molecule has 0 saturated carbocycles. The van der Waals surface area contributed by atoms with Gasteiger partial charge in [0.2, 0.25) is 0 Å². The number of halogens is 2. The van der Waals surface area contributed by atoms with Gasteiger partial charge in [-0.2, -0.15) is 0 Å². The molecule has 0 unspecified atom stereocenters. The lowest BCUT2D eigenvalue weighted by Gasteiger charge is -1.97. The number of oxime groups is 1. The van der Waals surface area contributed by atoms with E-state index in [0.29, 0.717) is 6.42 Å². The predicted molar refractivity (Wildman–Crippen MR) is 50.6 cm³/mol. The van der Waals surface area contributed by atoms with Gasteiger partial charge in [-0.05, 0) is 17.7 Å². The van der Waals surface area contributed by atoms with Gasteiger partial charge in [0.1, 0.15) is 12.9 Å². The van der Waals surface area contributed by atoms with E-state index in [1.54, 1.807) is 18.3 Å². The van der Waals surface area contributed by atoms with Crippen LogP contribution >= 0.6 is 11.6 Å². The minimum Gasteiger partial charge on any atom is -0.399 e. The maximum atomic E-state index is 12.7. The molecule has 13 heavy (non-hydrogen) atoms. The Kier molecular flexibility index (Phi) is 3.71. The third-order valence-corrected chi connectivity index (χ3v) is 1.78. The molecule has 1 aromatic carbocycles. The zero-order valence-corrected chi connectivity index (χ0v) is 7.88. The monoisotopic (exact) mass is 201 g/mol. The molecule has 4 heteroatoms. The fourth-order valence-corrected chi connectivity index (χ4v) is 1.09. The summed E-state index contributed by atoms with van der Waals surface area (Å²) in [5.74, 6) is -0.408. The molecule has 0 amide bonds. The van der Waals surface area contributed by atoms with Crippen LogP contribution in [0.3, 0.4) is 0 Å². The van der Waals surface area contributed by atoms with Crippen molar-refractivity contribution in [2.75, 3.05) is 7.11 Å². The zero-order valence-electron chi connectivity index (χ0n) is 7.13. The minimum atomic E-state index is -0.408. The first kappa shape index (κ1) is 9.99. The number of benzene rings is 1. The average molecular weight is 202 g/mol. The van der Waals surface area contributed by atoms with E-state index < -0.39 is 5.82 Å². The van der Waals surface area contributed by atoms with Crippen molar-refractivity contribution in [2.24, 2.45) is 5.16 Å². The van der Waals surface area contributed by atoms with Crippen LogP contribution < -0.4 is 0 Å². The molecule has 0 radical (unpaired) electrons. The number of nitrogens with zero attached hydrogens (tertiary/aromatic N) is 1. The molecule has 2 nitrogen and oxygen atoms in total. The minimum absolute atomic E-state index is 0.128. The van der Waals surface area contributed by atoms with Crippen LogP contribution in [0.15, 0.2) is 23.4 Å². The van der Waals surface area contributed by atoms with Gasteiger partial charge in [0.15, 0.2) is 0 Å². The van der Waals surface area contributed by atoms with Crippen LogP contribution in [-0.2, 0) is 11.3 Å². The Balaban J connectivity index is 2.68. The molecule has 1 rings (SSSR count). The van der Waals surface area contributed by atoms with E-state index in [-0.39, 0.29) is 5.02 Å². The third-order valence-electron chi connectivity index (χ3n) is 1.49. The standard InChI is InChI=1S/C9H9ClFNO/c1-13-12-5-4-7-2-3-9(11)8(10)6-7/h2-3,5-6H,4H2,1H3. The molecule has 0 aliphatic carbocycles. The summed E-state index contributed by atoms with van der Waals surface area (Å²) in [5.41, 5.74) is 0.896. The molecule has 0 aliphatic rings. The van der Waals surface area contributed by atoms with Gasteiger partial charge in [-0.15, -0.1) is 0 Å². The Bertz CT molecular complexity index is 314. The van der Waals surface area contributed by atoms with Crippen molar-refractivity contribution in [2.45, 2.75) is 6.42 Å². The van der Waals surface area contributed by atoms with Crippen molar-refractivity contribution in [3.8, 4) is 0 Å². The molecule has 0 saturated heterocycles. The Morgan fingerprint density at radius 3 is 3.00 bits per heavy atom. The summed E-state index contributed by atoms with van der Waals surface area (Å²) < 4.78 is 12.7. The van der Waals surface area contributed by atoms with Crippen LogP contribution in [0, 0.1) is 5.82 Å². The molecule has 70 valence electrons. The van der Waals surface area contributed by atoms with Crippen LogP contribution in [0.25, 0.3) is 0 Å². The molecule has 0 spiro atoms. The summed E-state index contributed by atoms with van der Waals surface area (Å²) in [6.07, 6.45) is 2.16. The van der Waals surface area contributed by atoms with E-state index in [4.69, 9.17) is 11.6 Å². The second-order valence-electron chi connectivity index (χ2n) is 2.42. The molecular formula is C9H9ClFNO. The molecule has 0 aromatic heterocycles. The van der Waals surface area contributed by atoms with Crippen molar-refractivity contribution >= 4 is 17.8 Å². The summed E-state index contributed by atoms with van der Waals surface area (Å²) >= 11 is 5.58. The molecule has 0 bridgehead atoms. The highest BCUT2D eigenvalue weighted by Crippen LogP contribution is 2.15. The molecule has 0 fully saturated rings. The highest BCUT2D eigenvalue weighted by molar-refractivity contribution is 6.30. The average Bonchev–Trinajstić information content (AvgIpc) is 2.12. The molecular weight excluding hydrogens is 193 g/mol. The topological polar surface area (TPSA) is 21.6 Å². The molecule has 1 aromatic rings. The van der Waals surface area contributed by atoms with E-state index >= 15 is 0 Å². The first-order chi connectivity index (χ1) is 6.24. The second kappa shape index (κ2) is 4.82. The molecule has 0 atom stereocenters. The lowest BCUT2D eigenvalue weighted by molar-refractivity contribution is 0.215. The zero-order chi connectivity index (χ0) is 9.68. The SMILES string of the molecule is CON=CCc1ccc(F)c(Cl)c1. The largest absolute Gasteiger partial charge is 0.399 e. The summed E-state index contributed by atoms with van der Waals surface area (Å²) in [7, 11) is 1.47. The van der Waals surface area contributed by atoms with Crippen LogP contribution in [0.1, 0.15) is 5.56 Å². The van der Waals surface area contributed by atoms with E-state index in [1.165, 1.54) is 13.2 Å². The van der Waals surface area contributed by atoms with Gasteiger partial charge in [0.05, 0.1) is 5.02 Å². The van der Waals surface area contributed by atoms with E-state index in [0.717, 1.165) is 5.56 Å².